The van der Waals surface area contributed by atoms with E-state index in [-0.39, 0.29) is 30.8 Å². The zero-order valence-corrected chi connectivity index (χ0v) is 14.4. The first-order chi connectivity index (χ1) is 12.0. The summed E-state index contributed by atoms with van der Waals surface area (Å²) in [4.78, 5) is 26.8. The van der Waals surface area contributed by atoms with Crippen LogP contribution in [-0.4, -0.2) is 18.5 Å². The fraction of sp³-hybridized carbons (Fsp3) is 0.200. The van der Waals surface area contributed by atoms with Crippen molar-refractivity contribution in [1.82, 2.24) is 0 Å². The molecule has 0 radical (unpaired) electrons. The minimum absolute atomic E-state index is 0.0409. The number of esters is 1. The van der Waals surface area contributed by atoms with Gasteiger partial charge in [0.15, 0.2) is 0 Å². The average molecular weight is 354 g/mol. The number of carbonyl (C=O) groups excluding carboxylic acids is 2. The molecule has 4 nitrogen and oxygen atoms in total. The summed E-state index contributed by atoms with van der Waals surface area (Å²) in [6.45, 7) is 2.11. The molecule has 2 aromatic carbocycles. The maximum absolute atomic E-state index is 12.9. The Morgan fingerprint density at radius 1 is 1.04 bits per heavy atom. The largest absolute Gasteiger partial charge is 0.456 e. The van der Waals surface area contributed by atoms with Gasteiger partial charge in [-0.15, -0.1) is 0 Å². The number of hydrogen-bond acceptors (Lipinski definition) is 3. The van der Waals surface area contributed by atoms with Gasteiger partial charge in [0.05, 0.1) is 11.3 Å². The molecule has 0 saturated heterocycles. The highest BCUT2D eigenvalue weighted by Gasteiger charge is 2.42. The Morgan fingerprint density at radius 3 is 2.40 bits per heavy atom. The van der Waals surface area contributed by atoms with Crippen LogP contribution in [0.25, 0.3) is 0 Å². The molecule has 0 saturated carbocycles. The second kappa shape index (κ2) is 6.05. The number of carbonyl (C=O) groups is 2. The van der Waals surface area contributed by atoms with Crippen LogP contribution in [0.1, 0.15) is 23.5 Å². The van der Waals surface area contributed by atoms with Gasteiger partial charge in [-0.2, -0.15) is 0 Å². The smallest absolute Gasteiger partial charge is 0.336 e. The predicted molar refractivity (Wildman–Crippen MR) is 95.5 cm³/mol. The van der Waals surface area contributed by atoms with Crippen LogP contribution in [0.3, 0.4) is 0 Å². The van der Waals surface area contributed by atoms with Gasteiger partial charge in [0.2, 0.25) is 5.91 Å². The Labute approximate surface area is 150 Å². The van der Waals surface area contributed by atoms with Crippen LogP contribution in [0, 0.1) is 6.92 Å². The molecule has 4 rings (SSSR count). The van der Waals surface area contributed by atoms with Crippen LogP contribution >= 0.6 is 11.6 Å². The van der Waals surface area contributed by atoms with Crippen molar-refractivity contribution < 1.29 is 14.3 Å². The number of hydrogen-bond donors (Lipinski definition) is 0. The van der Waals surface area contributed by atoms with Gasteiger partial charge in [-0.25, -0.2) is 4.79 Å². The summed E-state index contributed by atoms with van der Waals surface area (Å²) in [5, 5.41) is 0.621. The fourth-order valence-electron chi connectivity index (χ4n) is 3.43. The molecule has 25 heavy (non-hydrogen) atoms. The molecule has 1 atom stereocenters. The topological polar surface area (TPSA) is 46.6 Å². The van der Waals surface area contributed by atoms with Crippen LogP contribution in [-0.2, 0) is 14.3 Å². The van der Waals surface area contributed by atoms with Crippen molar-refractivity contribution in [3.8, 4) is 0 Å². The second-order valence-electron chi connectivity index (χ2n) is 6.31. The maximum Gasteiger partial charge on any atom is 0.336 e. The molecule has 0 N–H and O–H groups in total. The number of cyclic esters (lactones) is 1. The number of amides is 1. The predicted octanol–water partition coefficient (Wildman–Crippen LogP) is 3.98. The Morgan fingerprint density at radius 2 is 1.72 bits per heavy atom. The molecule has 0 unspecified atom stereocenters. The number of ether oxygens (including phenoxy) is 1. The summed E-state index contributed by atoms with van der Waals surface area (Å²) in [6.07, 6.45) is 0.226. The standard InChI is InChI=1S/C20H16ClNO3/c1-12-2-8-15(9-3-12)22-17-11-25-20(24)19(17)16(10-18(22)23)13-4-6-14(21)7-5-13/h2-9,16H,10-11H2,1H3/t16-/m1/s1. The van der Waals surface area contributed by atoms with Crippen molar-refractivity contribution in [3.05, 3.63) is 76.0 Å². The van der Waals surface area contributed by atoms with Crippen molar-refractivity contribution in [2.45, 2.75) is 19.3 Å². The normalized spacial score (nSPS) is 19.9. The maximum atomic E-state index is 12.9. The molecule has 0 aromatic heterocycles. The average Bonchev–Trinajstić information content (AvgIpc) is 2.98. The highest BCUT2D eigenvalue weighted by molar-refractivity contribution is 6.30. The van der Waals surface area contributed by atoms with Gasteiger partial charge in [0, 0.05) is 23.0 Å². The molecular formula is C20H16ClNO3. The number of rotatable bonds is 2. The molecule has 2 aromatic rings. The van der Waals surface area contributed by atoms with Crippen LogP contribution in [0.2, 0.25) is 5.02 Å². The van der Waals surface area contributed by atoms with Gasteiger partial charge in [0.1, 0.15) is 6.61 Å². The summed E-state index contributed by atoms with van der Waals surface area (Å²) in [6, 6.07) is 14.9. The molecule has 0 aliphatic carbocycles. The van der Waals surface area contributed by atoms with Gasteiger partial charge in [-0.05, 0) is 36.8 Å². The van der Waals surface area contributed by atoms with Crippen LogP contribution in [0.4, 0.5) is 5.69 Å². The summed E-state index contributed by atoms with van der Waals surface area (Å²) in [7, 11) is 0. The van der Waals surface area contributed by atoms with Crippen LogP contribution < -0.4 is 4.90 Å². The number of nitrogens with zero attached hydrogens (tertiary/aromatic N) is 1. The Hall–Kier alpha value is -2.59. The Kier molecular flexibility index (Phi) is 3.85. The van der Waals surface area contributed by atoms with Gasteiger partial charge in [0.25, 0.3) is 0 Å². The number of aryl methyl sites for hydroxylation is 1. The van der Waals surface area contributed by atoms with E-state index in [9.17, 15) is 9.59 Å². The van der Waals surface area contributed by atoms with Gasteiger partial charge in [-0.1, -0.05) is 41.4 Å². The van der Waals surface area contributed by atoms with Gasteiger partial charge in [-0.3, -0.25) is 9.69 Å². The van der Waals surface area contributed by atoms with E-state index in [0.717, 1.165) is 16.8 Å². The lowest BCUT2D eigenvalue weighted by Crippen LogP contribution is -2.37. The molecule has 0 fully saturated rings. The third kappa shape index (κ3) is 2.72. The van der Waals surface area contributed by atoms with E-state index < -0.39 is 0 Å². The fourth-order valence-corrected chi connectivity index (χ4v) is 3.55. The minimum atomic E-state index is -0.348. The quantitative estimate of drug-likeness (QED) is 0.767. The minimum Gasteiger partial charge on any atom is -0.456 e. The number of anilines is 1. The Bertz CT molecular complexity index is 884. The van der Waals surface area contributed by atoms with E-state index in [2.05, 4.69) is 0 Å². The zero-order chi connectivity index (χ0) is 17.6. The van der Waals surface area contributed by atoms with E-state index in [0.29, 0.717) is 16.3 Å². The van der Waals surface area contributed by atoms with Crippen molar-refractivity contribution in [1.29, 1.82) is 0 Å². The summed E-state index contributed by atoms with van der Waals surface area (Å²) < 4.78 is 5.27. The molecule has 126 valence electrons. The van der Waals surface area contributed by atoms with Crippen molar-refractivity contribution in [2.75, 3.05) is 11.5 Å². The lowest BCUT2D eigenvalue weighted by molar-refractivity contribution is -0.136. The van der Waals surface area contributed by atoms with Crippen molar-refractivity contribution in [3.63, 3.8) is 0 Å². The van der Waals surface area contributed by atoms with E-state index in [1.165, 1.54) is 0 Å². The summed E-state index contributed by atoms with van der Waals surface area (Å²) in [5.41, 5.74) is 3.98. The zero-order valence-electron chi connectivity index (χ0n) is 13.7. The summed E-state index contributed by atoms with van der Waals surface area (Å²) >= 11 is 5.96. The molecule has 2 aliphatic heterocycles. The first kappa shape index (κ1) is 15.9. The van der Waals surface area contributed by atoms with Gasteiger partial charge < -0.3 is 4.74 Å². The number of benzene rings is 2. The molecule has 0 bridgehead atoms. The second-order valence-corrected chi connectivity index (χ2v) is 6.75. The molecular weight excluding hydrogens is 338 g/mol. The van der Waals surface area contributed by atoms with Crippen molar-refractivity contribution in [2.24, 2.45) is 0 Å². The lowest BCUT2D eigenvalue weighted by atomic mass is 9.84. The molecule has 1 amide bonds. The van der Waals surface area contributed by atoms with Crippen LogP contribution in [0.5, 0.6) is 0 Å². The highest BCUT2D eigenvalue weighted by atomic mass is 35.5. The summed E-state index contributed by atoms with van der Waals surface area (Å²) in [5.74, 6) is -0.683. The SMILES string of the molecule is Cc1ccc(N2C(=O)C[C@H](c3ccc(Cl)cc3)C3=C2COC3=O)cc1. The first-order valence-electron chi connectivity index (χ1n) is 8.10. The highest BCUT2D eigenvalue weighted by Crippen LogP contribution is 2.41. The molecule has 0 spiro atoms. The first-order valence-corrected chi connectivity index (χ1v) is 8.47. The van der Waals surface area contributed by atoms with E-state index in [1.54, 1.807) is 17.0 Å². The van der Waals surface area contributed by atoms with E-state index in [1.807, 2.05) is 43.3 Å². The Balaban J connectivity index is 1.81. The monoisotopic (exact) mass is 353 g/mol. The van der Waals surface area contributed by atoms with E-state index in [4.69, 9.17) is 16.3 Å². The van der Waals surface area contributed by atoms with Crippen LogP contribution in [0.15, 0.2) is 59.8 Å². The number of halogens is 1. The molecule has 2 aliphatic rings. The van der Waals surface area contributed by atoms with Gasteiger partial charge >= 0.3 is 5.97 Å². The van der Waals surface area contributed by atoms with Crippen molar-refractivity contribution >= 4 is 29.2 Å². The molecule has 2 heterocycles. The lowest BCUT2D eigenvalue weighted by Gasteiger charge is -2.32. The third-order valence-electron chi connectivity index (χ3n) is 4.68. The molecule has 5 heteroatoms. The third-order valence-corrected chi connectivity index (χ3v) is 4.93. The van der Waals surface area contributed by atoms with E-state index >= 15 is 0 Å².